The van der Waals surface area contributed by atoms with Crippen LogP contribution in [0.1, 0.15) is 118 Å². The lowest BCUT2D eigenvalue weighted by Crippen LogP contribution is -1.76. The van der Waals surface area contributed by atoms with Gasteiger partial charge >= 0.3 is 15.6 Å². The molecule has 0 spiro atoms. The van der Waals surface area contributed by atoms with E-state index in [4.69, 9.17) is 38.5 Å². The molecule has 6 N–H and O–H groups in total. The summed E-state index contributed by atoms with van der Waals surface area (Å²) in [6, 6.07) is 12.0. The topological polar surface area (TPSA) is 156 Å². The highest BCUT2D eigenvalue weighted by Crippen LogP contribution is 2.26. The number of hydrogen-bond acceptors (Lipinski definition) is 2. The summed E-state index contributed by atoms with van der Waals surface area (Å²) in [7, 11) is -9.28. The van der Waals surface area contributed by atoms with Crippen LogP contribution < -0.4 is 0 Å². The van der Waals surface area contributed by atoms with E-state index in [0.29, 0.717) is 0 Å². The molecule has 1 aromatic carbocycles. The van der Waals surface area contributed by atoms with E-state index in [1.165, 1.54) is 89.9 Å². The molecule has 0 aliphatic carbocycles. The summed E-state index contributed by atoms with van der Waals surface area (Å²) in [5, 5.41) is 0. The Morgan fingerprint density at radius 3 is 0.618 bits per heavy atom. The molecule has 0 fully saturated rings. The van der Waals surface area contributed by atoms with Crippen molar-refractivity contribution in [3.8, 4) is 0 Å². The second-order valence-electron chi connectivity index (χ2n) is 7.72. The van der Waals surface area contributed by atoms with Crippen LogP contribution in [0.5, 0.6) is 0 Å². The maximum atomic E-state index is 8.88. The van der Waals surface area contributed by atoms with Crippen LogP contribution in [0.25, 0.3) is 0 Å². The average molecular weight is 531 g/mol. The van der Waals surface area contributed by atoms with Gasteiger partial charge in [-0.15, -0.1) is 0 Å². The molecule has 0 aliphatic rings. The van der Waals surface area contributed by atoms with Crippen LogP contribution >= 0.6 is 15.6 Å². The van der Waals surface area contributed by atoms with Crippen LogP contribution in [0.15, 0.2) is 36.4 Å². The lowest BCUT2D eigenvalue weighted by molar-refractivity contribution is 0.272. The molecule has 0 atom stereocenters. The fourth-order valence-corrected chi connectivity index (χ4v) is 2.45. The van der Waals surface area contributed by atoms with Crippen molar-refractivity contribution >= 4 is 15.6 Å². The minimum absolute atomic E-state index is 1.37. The molecular weight excluding hydrogens is 478 g/mol. The van der Waals surface area contributed by atoms with Crippen LogP contribution in [0.3, 0.4) is 0 Å². The van der Waals surface area contributed by atoms with Gasteiger partial charge in [0.1, 0.15) is 0 Å². The maximum Gasteiger partial charge on any atom is 0.466 e. The van der Waals surface area contributed by atoms with Gasteiger partial charge in [0.25, 0.3) is 0 Å². The Morgan fingerprint density at radius 2 is 0.500 bits per heavy atom. The zero-order valence-electron chi connectivity index (χ0n) is 21.8. The van der Waals surface area contributed by atoms with Gasteiger partial charge in [-0.25, -0.2) is 9.13 Å². The number of unbranched alkanes of at least 4 members (excludes halogenated alkanes) is 12. The largest absolute Gasteiger partial charge is 0.466 e. The summed E-state index contributed by atoms with van der Waals surface area (Å²) < 4.78 is 17.8. The Bertz CT molecular complexity index is 458. The van der Waals surface area contributed by atoms with Gasteiger partial charge in [-0.2, -0.15) is 0 Å². The van der Waals surface area contributed by atoms with Crippen molar-refractivity contribution in [2.75, 3.05) is 0 Å². The van der Waals surface area contributed by atoms with E-state index in [9.17, 15) is 0 Å². The molecule has 0 saturated carbocycles. The molecule has 206 valence electrons. The molecule has 8 nitrogen and oxygen atoms in total. The average Bonchev–Trinajstić information content (AvgIpc) is 2.74. The molecule has 0 heterocycles. The monoisotopic (exact) mass is 530 g/mol. The summed E-state index contributed by atoms with van der Waals surface area (Å²) in [4.78, 5) is 43.1. The van der Waals surface area contributed by atoms with Crippen LogP contribution in [0.4, 0.5) is 0 Å². The zero-order valence-corrected chi connectivity index (χ0v) is 23.5. The highest BCUT2D eigenvalue weighted by molar-refractivity contribution is 7.45. The second-order valence-corrected chi connectivity index (χ2v) is 9.77. The molecule has 1 aromatic rings. The van der Waals surface area contributed by atoms with Crippen LogP contribution in [-0.2, 0) is 9.13 Å². The molecule has 0 amide bonds. The molecule has 10 heteroatoms. The van der Waals surface area contributed by atoms with Gasteiger partial charge in [-0.3, -0.25) is 0 Å². The van der Waals surface area contributed by atoms with E-state index in [-0.39, 0.29) is 0 Å². The van der Waals surface area contributed by atoms with E-state index in [1.807, 2.05) is 36.4 Å². The fourth-order valence-electron chi connectivity index (χ4n) is 2.45. The standard InChI is InChI=1S/2C9H20.C6H6.2H3O4P/c2*1-3-5-7-9-8-6-4-2;1-2-4-6-5-3-1;2*1-5(2,3)4/h2*3-9H2,1-2H3;1-6H;2*(H3,1,2,3,4). The Labute approximate surface area is 208 Å². The van der Waals surface area contributed by atoms with Gasteiger partial charge in [0.15, 0.2) is 0 Å². The third-order valence-electron chi connectivity index (χ3n) is 4.08. The van der Waals surface area contributed by atoms with Crippen molar-refractivity contribution in [1.29, 1.82) is 0 Å². The number of rotatable bonds is 12. The summed E-state index contributed by atoms with van der Waals surface area (Å²) >= 11 is 0. The first-order chi connectivity index (χ1) is 15.8. The van der Waals surface area contributed by atoms with Crippen molar-refractivity contribution in [1.82, 2.24) is 0 Å². The van der Waals surface area contributed by atoms with Crippen molar-refractivity contribution < 1.29 is 38.5 Å². The van der Waals surface area contributed by atoms with Gasteiger partial charge in [0.05, 0.1) is 0 Å². The predicted molar refractivity (Wildman–Crippen MR) is 142 cm³/mol. The minimum atomic E-state index is -4.64. The van der Waals surface area contributed by atoms with E-state index < -0.39 is 15.6 Å². The van der Waals surface area contributed by atoms with E-state index in [1.54, 1.807) is 0 Å². The summed E-state index contributed by atoms with van der Waals surface area (Å²) in [5.74, 6) is 0. The zero-order chi connectivity index (χ0) is 27.1. The fraction of sp³-hybridized carbons (Fsp3) is 0.750. The Kier molecular flexibility index (Phi) is 38.7. The van der Waals surface area contributed by atoms with Gasteiger partial charge in [-0.1, -0.05) is 154 Å². The van der Waals surface area contributed by atoms with Crippen LogP contribution in [0.2, 0.25) is 0 Å². The van der Waals surface area contributed by atoms with Gasteiger partial charge < -0.3 is 29.4 Å². The molecule has 1 rings (SSSR count). The van der Waals surface area contributed by atoms with Gasteiger partial charge in [0, 0.05) is 0 Å². The summed E-state index contributed by atoms with van der Waals surface area (Å²) in [6.07, 6.45) is 19.9. The number of phosphoric acid groups is 2. The van der Waals surface area contributed by atoms with Crippen molar-refractivity contribution in [3.63, 3.8) is 0 Å². The Morgan fingerprint density at radius 1 is 0.382 bits per heavy atom. The summed E-state index contributed by atoms with van der Waals surface area (Å²) in [6.45, 7) is 9.05. The Balaban J connectivity index is -0.000000170. The lowest BCUT2D eigenvalue weighted by Gasteiger charge is -1.96. The predicted octanol–water partition coefficient (Wildman–Crippen LogP) is 7.34. The minimum Gasteiger partial charge on any atom is -0.303 e. The van der Waals surface area contributed by atoms with Crippen LogP contribution in [0, 0.1) is 0 Å². The van der Waals surface area contributed by atoms with Gasteiger partial charge in [0.2, 0.25) is 0 Å². The van der Waals surface area contributed by atoms with Crippen molar-refractivity contribution in [2.24, 2.45) is 0 Å². The first-order valence-corrected chi connectivity index (χ1v) is 15.5. The molecule has 0 unspecified atom stereocenters. The smallest absolute Gasteiger partial charge is 0.303 e. The number of hydrogen-bond donors (Lipinski definition) is 6. The quantitative estimate of drug-likeness (QED) is 0.121. The number of benzene rings is 1. The molecule has 34 heavy (non-hydrogen) atoms. The third-order valence-corrected chi connectivity index (χ3v) is 4.08. The second kappa shape index (κ2) is 32.4. The first kappa shape index (κ1) is 40.6. The molecule has 0 saturated heterocycles. The molecule has 0 bridgehead atoms. The normalized spacial score (nSPS) is 10.2. The molecular formula is C24H52O8P2. The van der Waals surface area contributed by atoms with Crippen LogP contribution in [-0.4, -0.2) is 29.4 Å². The van der Waals surface area contributed by atoms with Crippen molar-refractivity contribution in [2.45, 2.75) is 118 Å². The highest BCUT2D eigenvalue weighted by atomic mass is 31.2. The van der Waals surface area contributed by atoms with E-state index >= 15 is 0 Å². The van der Waals surface area contributed by atoms with Gasteiger partial charge in [-0.05, 0) is 0 Å². The molecule has 0 aromatic heterocycles. The van der Waals surface area contributed by atoms with Crippen molar-refractivity contribution in [3.05, 3.63) is 36.4 Å². The maximum absolute atomic E-state index is 8.88. The molecule has 0 radical (unpaired) electrons. The summed E-state index contributed by atoms with van der Waals surface area (Å²) in [5.41, 5.74) is 0. The Hall–Kier alpha value is -0.560. The lowest BCUT2D eigenvalue weighted by atomic mass is 10.1. The van der Waals surface area contributed by atoms with E-state index in [2.05, 4.69) is 27.7 Å². The first-order valence-electron chi connectivity index (χ1n) is 12.4. The third kappa shape index (κ3) is 95.8. The highest BCUT2D eigenvalue weighted by Gasteiger charge is 2.00. The SMILES string of the molecule is CCCCCCCCC.CCCCCCCCC.O=P(O)(O)O.O=P(O)(O)O.c1ccccc1. The molecule has 0 aliphatic heterocycles. The van der Waals surface area contributed by atoms with E-state index in [0.717, 1.165) is 0 Å².